The van der Waals surface area contributed by atoms with Gasteiger partial charge in [0.1, 0.15) is 9.36 Å². The predicted molar refractivity (Wildman–Crippen MR) is 68.7 cm³/mol. The van der Waals surface area contributed by atoms with Gasteiger partial charge in [-0.05, 0) is 5.56 Å². The summed E-state index contributed by atoms with van der Waals surface area (Å²) in [7, 11) is -3.21. The molecule has 15 heavy (non-hydrogen) atoms. The van der Waals surface area contributed by atoms with Gasteiger partial charge in [0.05, 0.1) is 0 Å². The maximum atomic E-state index is 11.5. The molecule has 5 heteroatoms. The van der Waals surface area contributed by atoms with Crippen LogP contribution in [-0.4, -0.2) is 22.5 Å². The average Bonchev–Trinajstić information content (AvgIpc) is 2.28. The van der Waals surface area contributed by atoms with Gasteiger partial charge in [-0.25, -0.2) is 8.42 Å². The third-order valence-corrected chi connectivity index (χ3v) is 6.89. The van der Waals surface area contributed by atoms with Crippen LogP contribution in [0.1, 0.15) is 18.6 Å². The lowest BCUT2D eigenvalue weighted by molar-refractivity contribution is 0.197. The molecule has 0 saturated heterocycles. The first-order chi connectivity index (χ1) is 6.99. The molecule has 1 aromatic rings. The van der Waals surface area contributed by atoms with E-state index in [-0.39, 0.29) is 5.75 Å². The summed E-state index contributed by atoms with van der Waals surface area (Å²) in [4.78, 5) is 0. The highest BCUT2D eigenvalue weighted by atomic mass is 127. The summed E-state index contributed by atoms with van der Waals surface area (Å²) in [6, 6.07) is 8.83. The first-order valence-corrected chi connectivity index (χ1v) is 7.53. The van der Waals surface area contributed by atoms with Crippen LogP contribution in [0.4, 0.5) is 0 Å². The summed E-state index contributed by atoms with van der Waals surface area (Å²) >= 11 is 1.78. The Morgan fingerprint density at radius 1 is 1.33 bits per heavy atom. The smallest absolute Gasteiger partial charge is 0.164 e. The second-order valence-corrected chi connectivity index (χ2v) is 7.76. The minimum absolute atomic E-state index is 0.0461. The Hall–Kier alpha value is -0.140. The molecule has 0 unspecified atom stereocenters. The zero-order valence-corrected chi connectivity index (χ0v) is 11.3. The number of hydrogen-bond donors (Lipinski definition) is 1. The monoisotopic (exact) mass is 340 g/mol. The Bertz CT molecular complexity index is 402. The number of hydrogen-bond acceptors (Lipinski definition) is 3. The second kappa shape index (κ2) is 5.27. The SMILES string of the molecule is CCS(=O)(=O)[C@@H](I)[C@@H](O)c1ccccc1. The van der Waals surface area contributed by atoms with Crippen molar-refractivity contribution < 1.29 is 13.5 Å². The van der Waals surface area contributed by atoms with Crippen molar-refractivity contribution in [3.63, 3.8) is 0 Å². The molecule has 1 aromatic carbocycles. The van der Waals surface area contributed by atoms with Crippen LogP contribution in [0.25, 0.3) is 0 Å². The summed E-state index contributed by atoms with van der Waals surface area (Å²) in [5.74, 6) is 0.0461. The van der Waals surface area contributed by atoms with Gasteiger partial charge in [0, 0.05) is 5.75 Å². The number of sulfone groups is 1. The molecule has 1 rings (SSSR count). The highest BCUT2D eigenvalue weighted by molar-refractivity contribution is 14.1. The van der Waals surface area contributed by atoms with Crippen molar-refractivity contribution in [2.45, 2.75) is 16.3 Å². The molecule has 0 heterocycles. The summed E-state index contributed by atoms with van der Waals surface area (Å²) in [5, 5.41) is 9.87. The van der Waals surface area contributed by atoms with Gasteiger partial charge < -0.3 is 5.11 Å². The van der Waals surface area contributed by atoms with Gasteiger partial charge in [-0.3, -0.25) is 0 Å². The zero-order valence-electron chi connectivity index (χ0n) is 8.30. The third kappa shape index (κ3) is 3.15. The largest absolute Gasteiger partial charge is 0.386 e. The fraction of sp³-hybridized carbons (Fsp3) is 0.400. The van der Waals surface area contributed by atoms with Gasteiger partial charge in [0.15, 0.2) is 9.84 Å². The molecule has 0 radical (unpaired) electrons. The van der Waals surface area contributed by atoms with Crippen molar-refractivity contribution in [2.75, 3.05) is 5.75 Å². The standard InChI is InChI=1S/C10H13IO3S/c1-2-15(13,14)10(11)9(12)8-6-4-3-5-7-8/h3-7,9-10,12H,2H2,1H3/t9-,10+/m0/s1. The van der Waals surface area contributed by atoms with E-state index in [1.165, 1.54) is 0 Å². The molecule has 0 fully saturated rings. The van der Waals surface area contributed by atoms with E-state index in [1.54, 1.807) is 53.8 Å². The van der Waals surface area contributed by atoms with Crippen LogP contribution in [0.15, 0.2) is 30.3 Å². The normalized spacial score (nSPS) is 15.9. The van der Waals surface area contributed by atoms with Crippen LogP contribution < -0.4 is 0 Å². The van der Waals surface area contributed by atoms with E-state index < -0.39 is 19.2 Å². The van der Waals surface area contributed by atoms with Crippen LogP contribution >= 0.6 is 22.6 Å². The topological polar surface area (TPSA) is 54.4 Å². The van der Waals surface area contributed by atoms with E-state index in [0.717, 1.165) is 0 Å². The molecule has 0 aromatic heterocycles. The molecule has 1 N–H and O–H groups in total. The number of alkyl halides is 1. The Balaban J connectivity index is 2.92. The third-order valence-electron chi connectivity index (χ3n) is 2.13. The number of benzene rings is 1. The molecular weight excluding hydrogens is 327 g/mol. The molecule has 2 atom stereocenters. The molecule has 0 amide bonds. The van der Waals surface area contributed by atoms with E-state index in [2.05, 4.69) is 0 Å². The molecule has 0 spiro atoms. The van der Waals surface area contributed by atoms with E-state index in [0.29, 0.717) is 5.56 Å². The first kappa shape index (κ1) is 12.9. The van der Waals surface area contributed by atoms with Crippen molar-refractivity contribution in [3.05, 3.63) is 35.9 Å². The van der Waals surface area contributed by atoms with Gasteiger partial charge in [-0.2, -0.15) is 0 Å². The highest BCUT2D eigenvalue weighted by Crippen LogP contribution is 2.27. The predicted octanol–water partition coefficient (Wildman–Crippen LogP) is 1.92. The number of halogens is 1. The van der Waals surface area contributed by atoms with E-state index in [9.17, 15) is 13.5 Å². The molecule has 0 aliphatic heterocycles. The van der Waals surface area contributed by atoms with Gasteiger partial charge in [-0.15, -0.1) is 0 Å². The summed E-state index contributed by atoms with van der Waals surface area (Å²) in [6.45, 7) is 1.58. The number of rotatable bonds is 4. The van der Waals surface area contributed by atoms with Gasteiger partial charge >= 0.3 is 0 Å². The molecule has 0 aliphatic carbocycles. The number of aliphatic hydroxyl groups excluding tert-OH is 1. The molecule has 0 saturated carbocycles. The van der Waals surface area contributed by atoms with E-state index in [1.807, 2.05) is 6.07 Å². The molecule has 3 nitrogen and oxygen atoms in total. The maximum absolute atomic E-state index is 11.5. The summed E-state index contributed by atoms with van der Waals surface area (Å²) in [6.07, 6.45) is -0.961. The Morgan fingerprint density at radius 2 is 1.87 bits per heavy atom. The Morgan fingerprint density at radius 3 is 2.33 bits per heavy atom. The second-order valence-electron chi connectivity index (χ2n) is 3.16. The van der Waals surface area contributed by atoms with Crippen molar-refractivity contribution in [1.82, 2.24) is 0 Å². The van der Waals surface area contributed by atoms with Gasteiger partial charge in [0.25, 0.3) is 0 Å². The summed E-state index contributed by atoms with van der Waals surface area (Å²) < 4.78 is 22.3. The molecule has 0 bridgehead atoms. The van der Waals surface area contributed by atoms with Gasteiger partial charge in [0.2, 0.25) is 0 Å². The Kier molecular flexibility index (Phi) is 4.54. The lowest BCUT2D eigenvalue weighted by Crippen LogP contribution is -2.24. The fourth-order valence-electron chi connectivity index (χ4n) is 1.16. The highest BCUT2D eigenvalue weighted by Gasteiger charge is 2.29. The quantitative estimate of drug-likeness (QED) is 0.673. The van der Waals surface area contributed by atoms with Crippen molar-refractivity contribution in [3.8, 4) is 0 Å². The van der Waals surface area contributed by atoms with E-state index in [4.69, 9.17) is 0 Å². The summed E-state index contributed by atoms with van der Waals surface area (Å²) in [5.41, 5.74) is 0.633. The fourth-order valence-corrected chi connectivity index (χ4v) is 3.52. The molecular formula is C10H13IO3S. The molecule has 84 valence electrons. The van der Waals surface area contributed by atoms with Crippen molar-refractivity contribution >= 4 is 32.4 Å². The van der Waals surface area contributed by atoms with Crippen LogP contribution in [-0.2, 0) is 9.84 Å². The average molecular weight is 340 g/mol. The first-order valence-electron chi connectivity index (χ1n) is 4.57. The van der Waals surface area contributed by atoms with Crippen molar-refractivity contribution in [2.24, 2.45) is 0 Å². The lowest BCUT2D eigenvalue weighted by atomic mass is 10.1. The lowest BCUT2D eigenvalue weighted by Gasteiger charge is -2.17. The minimum Gasteiger partial charge on any atom is -0.386 e. The van der Waals surface area contributed by atoms with E-state index >= 15 is 0 Å². The zero-order chi connectivity index (χ0) is 11.5. The van der Waals surface area contributed by atoms with Crippen LogP contribution in [0, 0.1) is 0 Å². The minimum atomic E-state index is -3.21. The van der Waals surface area contributed by atoms with Crippen LogP contribution in [0.3, 0.4) is 0 Å². The number of aliphatic hydroxyl groups is 1. The maximum Gasteiger partial charge on any atom is 0.164 e. The van der Waals surface area contributed by atoms with Crippen LogP contribution in [0.2, 0.25) is 0 Å². The molecule has 0 aliphatic rings. The van der Waals surface area contributed by atoms with Gasteiger partial charge in [-0.1, -0.05) is 59.8 Å². The Labute approximate surface area is 104 Å². The van der Waals surface area contributed by atoms with Crippen molar-refractivity contribution in [1.29, 1.82) is 0 Å². The van der Waals surface area contributed by atoms with Crippen LogP contribution in [0.5, 0.6) is 0 Å².